The second kappa shape index (κ2) is 9.73. The molecule has 1 rings (SSSR count). The van der Waals surface area contributed by atoms with Gasteiger partial charge in [0.2, 0.25) is 10.0 Å². The number of hydrogen-bond acceptors (Lipinski definition) is 5. The molecule has 1 aromatic rings. The third kappa shape index (κ3) is 6.43. The van der Waals surface area contributed by atoms with Gasteiger partial charge in [0.15, 0.2) is 0 Å². The van der Waals surface area contributed by atoms with E-state index in [-0.39, 0.29) is 4.90 Å². The number of anilines is 1. The van der Waals surface area contributed by atoms with Gasteiger partial charge < -0.3 is 14.8 Å². The Balaban J connectivity index is 2.59. The highest BCUT2D eigenvalue weighted by molar-refractivity contribution is 7.89. The third-order valence-corrected chi connectivity index (χ3v) is 4.23. The molecule has 2 N–H and O–H groups in total. The van der Waals surface area contributed by atoms with Gasteiger partial charge in [-0.1, -0.05) is 19.1 Å². The Morgan fingerprint density at radius 3 is 2.57 bits per heavy atom. The van der Waals surface area contributed by atoms with Crippen LogP contribution in [-0.2, 0) is 19.5 Å². The van der Waals surface area contributed by atoms with Crippen molar-refractivity contribution in [3.63, 3.8) is 0 Å². The molecule has 0 atom stereocenters. The van der Waals surface area contributed by atoms with Crippen molar-refractivity contribution in [2.24, 2.45) is 0 Å². The lowest BCUT2D eigenvalue weighted by atomic mass is 10.3. The summed E-state index contributed by atoms with van der Waals surface area (Å²) in [6.45, 7) is 4.44. The molecule has 0 aromatic heterocycles. The van der Waals surface area contributed by atoms with E-state index >= 15 is 0 Å². The standard InChI is InChI=1S/C14H24N2O4S/c1-3-8-16-21(17,18)14-7-5-4-6-13(14)15-9-10-20-12-11-19-2/h4-7,15-16H,3,8-12H2,1-2H3. The Bertz CT molecular complexity index is 505. The molecule has 0 spiro atoms. The molecule has 0 saturated carbocycles. The smallest absolute Gasteiger partial charge is 0.242 e. The van der Waals surface area contributed by atoms with Gasteiger partial charge in [-0.25, -0.2) is 13.1 Å². The maximum Gasteiger partial charge on any atom is 0.242 e. The van der Waals surface area contributed by atoms with Crippen LogP contribution in [0.2, 0.25) is 0 Å². The van der Waals surface area contributed by atoms with Gasteiger partial charge in [-0.2, -0.15) is 0 Å². The van der Waals surface area contributed by atoms with E-state index < -0.39 is 10.0 Å². The molecule has 0 fully saturated rings. The normalized spacial score (nSPS) is 11.5. The molecule has 0 amide bonds. The lowest BCUT2D eigenvalue weighted by Crippen LogP contribution is -2.25. The molecule has 0 bridgehead atoms. The van der Waals surface area contributed by atoms with Gasteiger partial charge in [0.25, 0.3) is 0 Å². The minimum absolute atomic E-state index is 0.260. The predicted octanol–water partition coefficient (Wildman–Crippen LogP) is 1.45. The quantitative estimate of drug-likeness (QED) is 0.604. The Morgan fingerprint density at radius 2 is 1.86 bits per heavy atom. The number of benzene rings is 1. The first-order valence-corrected chi connectivity index (χ1v) is 8.49. The van der Waals surface area contributed by atoms with Crippen LogP contribution in [0.4, 0.5) is 5.69 Å². The Labute approximate surface area is 126 Å². The van der Waals surface area contributed by atoms with Crippen LogP contribution in [0.3, 0.4) is 0 Å². The van der Waals surface area contributed by atoms with E-state index in [0.717, 1.165) is 6.42 Å². The highest BCUT2D eigenvalue weighted by Gasteiger charge is 2.16. The summed E-state index contributed by atoms with van der Waals surface area (Å²) in [4.78, 5) is 0.260. The van der Waals surface area contributed by atoms with Crippen molar-refractivity contribution in [1.82, 2.24) is 4.72 Å². The summed E-state index contributed by atoms with van der Waals surface area (Å²) in [5, 5.41) is 3.09. The van der Waals surface area contributed by atoms with Gasteiger partial charge in [0.1, 0.15) is 4.90 Å². The summed E-state index contributed by atoms with van der Waals surface area (Å²) in [6, 6.07) is 6.84. The molecule has 1 aromatic carbocycles. The van der Waals surface area contributed by atoms with Crippen LogP contribution in [0.1, 0.15) is 13.3 Å². The monoisotopic (exact) mass is 316 g/mol. The molecular weight excluding hydrogens is 292 g/mol. The minimum atomic E-state index is -3.48. The first-order chi connectivity index (χ1) is 10.1. The topological polar surface area (TPSA) is 76.7 Å². The number of nitrogens with one attached hydrogen (secondary N) is 2. The Morgan fingerprint density at radius 1 is 1.10 bits per heavy atom. The summed E-state index contributed by atoms with van der Waals surface area (Å²) in [6.07, 6.45) is 0.752. The minimum Gasteiger partial charge on any atom is -0.382 e. The van der Waals surface area contributed by atoms with Crippen molar-refractivity contribution in [1.29, 1.82) is 0 Å². The van der Waals surface area contributed by atoms with Crippen molar-refractivity contribution in [2.45, 2.75) is 18.2 Å². The van der Waals surface area contributed by atoms with Crippen LogP contribution < -0.4 is 10.0 Å². The molecule has 0 saturated heterocycles. The fourth-order valence-electron chi connectivity index (χ4n) is 1.66. The van der Waals surface area contributed by atoms with E-state index in [1.807, 2.05) is 6.92 Å². The second-order valence-corrected chi connectivity index (χ2v) is 6.16. The van der Waals surface area contributed by atoms with Crippen LogP contribution in [-0.4, -0.2) is 48.4 Å². The summed E-state index contributed by atoms with van der Waals surface area (Å²) in [5.41, 5.74) is 0.580. The zero-order valence-electron chi connectivity index (χ0n) is 12.6. The van der Waals surface area contributed by atoms with Gasteiger partial charge in [-0.15, -0.1) is 0 Å². The molecule has 0 aliphatic rings. The lowest BCUT2D eigenvalue weighted by Gasteiger charge is -2.13. The van der Waals surface area contributed by atoms with Gasteiger partial charge in [0, 0.05) is 20.2 Å². The van der Waals surface area contributed by atoms with Crippen molar-refractivity contribution in [3.8, 4) is 0 Å². The molecule has 7 heteroatoms. The van der Waals surface area contributed by atoms with Crippen LogP contribution in [0.15, 0.2) is 29.2 Å². The lowest BCUT2D eigenvalue weighted by molar-refractivity contribution is 0.0759. The van der Waals surface area contributed by atoms with E-state index in [0.29, 0.717) is 38.6 Å². The van der Waals surface area contributed by atoms with Crippen molar-refractivity contribution >= 4 is 15.7 Å². The number of methoxy groups -OCH3 is 1. The van der Waals surface area contributed by atoms with Crippen LogP contribution in [0, 0.1) is 0 Å². The highest BCUT2D eigenvalue weighted by atomic mass is 32.2. The molecule has 21 heavy (non-hydrogen) atoms. The fraction of sp³-hybridized carbons (Fsp3) is 0.571. The first kappa shape index (κ1) is 17.9. The molecule has 0 aliphatic carbocycles. The van der Waals surface area contributed by atoms with Crippen LogP contribution in [0.5, 0.6) is 0 Å². The molecule has 0 radical (unpaired) electrons. The van der Waals surface area contributed by atoms with E-state index in [4.69, 9.17) is 9.47 Å². The zero-order chi connectivity index (χ0) is 15.6. The fourth-order valence-corrected chi connectivity index (χ4v) is 2.98. The number of rotatable bonds is 11. The van der Waals surface area contributed by atoms with E-state index in [2.05, 4.69) is 10.0 Å². The van der Waals surface area contributed by atoms with E-state index in [9.17, 15) is 8.42 Å². The van der Waals surface area contributed by atoms with E-state index in [1.54, 1.807) is 31.4 Å². The van der Waals surface area contributed by atoms with Crippen molar-refractivity contribution in [2.75, 3.05) is 45.3 Å². The van der Waals surface area contributed by atoms with E-state index in [1.165, 1.54) is 0 Å². The molecule has 120 valence electrons. The maximum absolute atomic E-state index is 12.2. The summed E-state index contributed by atoms with van der Waals surface area (Å²) < 4.78 is 37.2. The number of hydrogen-bond donors (Lipinski definition) is 2. The molecule has 0 unspecified atom stereocenters. The average Bonchev–Trinajstić information content (AvgIpc) is 2.49. The maximum atomic E-state index is 12.2. The van der Waals surface area contributed by atoms with Crippen LogP contribution >= 0.6 is 0 Å². The van der Waals surface area contributed by atoms with Gasteiger partial charge in [0.05, 0.1) is 25.5 Å². The zero-order valence-corrected chi connectivity index (χ0v) is 13.4. The largest absolute Gasteiger partial charge is 0.382 e. The molecule has 6 nitrogen and oxygen atoms in total. The Hall–Kier alpha value is -1.15. The van der Waals surface area contributed by atoms with Crippen molar-refractivity contribution in [3.05, 3.63) is 24.3 Å². The molecular formula is C14H24N2O4S. The second-order valence-electron chi connectivity index (χ2n) is 4.43. The predicted molar refractivity (Wildman–Crippen MR) is 83.1 cm³/mol. The van der Waals surface area contributed by atoms with Gasteiger partial charge in [-0.05, 0) is 18.6 Å². The van der Waals surface area contributed by atoms with Crippen molar-refractivity contribution < 1.29 is 17.9 Å². The van der Waals surface area contributed by atoms with Gasteiger partial charge >= 0.3 is 0 Å². The van der Waals surface area contributed by atoms with Gasteiger partial charge in [-0.3, -0.25) is 0 Å². The van der Waals surface area contributed by atoms with Crippen LogP contribution in [0.25, 0.3) is 0 Å². The first-order valence-electron chi connectivity index (χ1n) is 7.01. The highest BCUT2D eigenvalue weighted by Crippen LogP contribution is 2.20. The molecule has 0 aliphatic heterocycles. The average molecular weight is 316 g/mol. The summed E-state index contributed by atoms with van der Waals surface area (Å²) >= 11 is 0. The number of ether oxygens (including phenoxy) is 2. The summed E-state index contributed by atoms with van der Waals surface area (Å²) in [5.74, 6) is 0. The number of sulfonamides is 1. The Kier molecular flexibility index (Phi) is 8.29. The summed E-state index contributed by atoms with van der Waals surface area (Å²) in [7, 11) is -1.86. The third-order valence-electron chi connectivity index (χ3n) is 2.71. The molecule has 0 heterocycles. The SMILES string of the molecule is CCCNS(=O)(=O)c1ccccc1NCCOCCOC. The number of para-hydroxylation sites is 1.